The number of hydrogen-bond donors (Lipinski definition) is 4. The zero-order valence-corrected chi connectivity index (χ0v) is 16.8. The molecule has 4 bridgehead atoms. The summed E-state index contributed by atoms with van der Waals surface area (Å²) in [6, 6.07) is 0. The minimum atomic E-state index is -2.04. The lowest BCUT2D eigenvalue weighted by Crippen LogP contribution is -2.85. The molecule has 2 heterocycles. The molecule has 7 heteroatoms. The zero-order valence-electron chi connectivity index (χ0n) is 16.8. The van der Waals surface area contributed by atoms with Crippen LogP contribution in [0.3, 0.4) is 0 Å². The van der Waals surface area contributed by atoms with Gasteiger partial charge in [0.05, 0.1) is 30.8 Å². The average Bonchev–Trinajstić information content (AvgIpc) is 2.83. The van der Waals surface area contributed by atoms with Gasteiger partial charge in [-0.2, -0.15) is 0 Å². The van der Waals surface area contributed by atoms with Gasteiger partial charge in [-0.05, 0) is 37.0 Å². The molecule has 2 spiro atoms. The Bertz CT molecular complexity index is 709. The van der Waals surface area contributed by atoms with Gasteiger partial charge in [-0.1, -0.05) is 13.8 Å². The molecular formula is C21H32O7. The smallest absolute Gasteiger partial charge is 0.205 e. The van der Waals surface area contributed by atoms with Crippen LogP contribution in [-0.2, 0) is 14.3 Å². The molecule has 0 unspecified atom stereocenters. The van der Waals surface area contributed by atoms with Crippen molar-refractivity contribution in [2.75, 3.05) is 20.3 Å². The van der Waals surface area contributed by atoms with E-state index in [1.165, 1.54) is 7.11 Å². The largest absolute Gasteiger partial charge is 0.393 e. The quantitative estimate of drug-likeness (QED) is 0.522. The molecule has 6 fully saturated rings. The fourth-order valence-electron chi connectivity index (χ4n) is 8.46. The summed E-state index contributed by atoms with van der Waals surface area (Å²) < 4.78 is 11.2. The zero-order chi connectivity index (χ0) is 20.3. The van der Waals surface area contributed by atoms with Gasteiger partial charge in [-0.3, -0.25) is 4.79 Å². The fourth-order valence-corrected chi connectivity index (χ4v) is 8.46. The monoisotopic (exact) mass is 396 g/mol. The number of hydrogen-bond acceptors (Lipinski definition) is 7. The first kappa shape index (κ1) is 19.4. The number of carbonyl (C=O) groups is 1. The van der Waals surface area contributed by atoms with Gasteiger partial charge in [-0.25, -0.2) is 0 Å². The van der Waals surface area contributed by atoms with Crippen molar-refractivity contribution in [3.63, 3.8) is 0 Å². The number of ether oxygens (including phenoxy) is 2. The molecular weight excluding hydrogens is 364 g/mol. The molecule has 0 radical (unpaired) electrons. The van der Waals surface area contributed by atoms with Crippen LogP contribution < -0.4 is 0 Å². The van der Waals surface area contributed by atoms with Crippen LogP contribution in [0.5, 0.6) is 0 Å². The Balaban J connectivity index is 1.75. The summed E-state index contributed by atoms with van der Waals surface area (Å²) in [4.78, 5) is 13.7. The van der Waals surface area contributed by atoms with Crippen LogP contribution in [-0.4, -0.2) is 70.6 Å². The normalized spacial score (nSPS) is 59.1. The number of carbonyl (C=O) groups excluding carboxylic acids is 1. The molecule has 158 valence electrons. The number of aliphatic hydroxyl groups excluding tert-OH is 3. The molecule has 0 aromatic rings. The SMILES string of the molecule is COC[C@H]1C(=O)[C@]23C[C@H]1C[C@H](O)[C@H]2[C@@]12CO[C@@]3(O)[C@@H](O)[C@@H]1C(C)(C)CC[C@@H]2O. The van der Waals surface area contributed by atoms with Gasteiger partial charge >= 0.3 is 0 Å². The number of methoxy groups -OCH3 is 1. The van der Waals surface area contributed by atoms with E-state index in [-0.39, 0.29) is 30.3 Å². The highest BCUT2D eigenvalue weighted by molar-refractivity contribution is 5.92. The van der Waals surface area contributed by atoms with Crippen LogP contribution in [0.15, 0.2) is 0 Å². The predicted molar refractivity (Wildman–Crippen MR) is 96.9 cm³/mol. The van der Waals surface area contributed by atoms with Crippen LogP contribution >= 0.6 is 0 Å². The molecule has 4 saturated carbocycles. The molecule has 0 aromatic carbocycles. The molecule has 6 aliphatic rings. The summed E-state index contributed by atoms with van der Waals surface area (Å²) in [7, 11) is 1.54. The van der Waals surface area contributed by atoms with Gasteiger partial charge in [-0.15, -0.1) is 0 Å². The lowest BCUT2D eigenvalue weighted by Gasteiger charge is -2.74. The molecule has 6 rings (SSSR count). The summed E-state index contributed by atoms with van der Waals surface area (Å²) in [6.07, 6.45) is -0.899. The maximum absolute atomic E-state index is 13.7. The Morgan fingerprint density at radius 3 is 2.61 bits per heavy atom. The van der Waals surface area contributed by atoms with E-state index in [2.05, 4.69) is 0 Å². The van der Waals surface area contributed by atoms with Crippen molar-refractivity contribution < 1.29 is 34.7 Å². The third-order valence-corrected chi connectivity index (χ3v) is 9.32. The van der Waals surface area contributed by atoms with Gasteiger partial charge in [0.2, 0.25) is 5.79 Å². The first-order valence-corrected chi connectivity index (χ1v) is 10.5. The van der Waals surface area contributed by atoms with Crippen LogP contribution in [0, 0.1) is 39.9 Å². The third kappa shape index (κ3) is 1.82. The Kier molecular flexibility index (Phi) is 3.85. The second-order valence-electron chi connectivity index (χ2n) is 10.7. The van der Waals surface area contributed by atoms with Crippen molar-refractivity contribution in [2.24, 2.45) is 39.9 Å². The van der Waals surface area contributed by atoms with E-state index in [0.29, 0.717) is 25.7 Å². The predicted octanol–water partition coefficient (Wildman–Crippen LogP) is 0.0820. The molecule has 2 saturated heterocycles. The Hall–Kier alpha value is -0.570. The third-order valence-electron chi connectivity index (χ3n) is 9.32. The number of fused-ring (bicyclic) bond motifs is 2. The number of ketones is 1. The Morgan fingerprint density at radius 2 is 1.93 bits per heavy atom. The molecule has 0 amide bonds. The molecule has 7 nitrogen and oxygen atoms in total. The van der Waals surface area contributed by atoms with Gasteiger partial charge < -0.3 is 29.9 Å². The van der Waals surface area contributed by atoms with E-state index in [0.717, 1.165) is 0 Å². The number of aliphatic hydroxyl groups is 4. The van der Waals surface area contributed by atoms with Gasteiger partial charge in [0.25, 0.3) is 0 Å². The topological polar surface area (TPSA) is 116 Å². The van der Waals surface area contributed by atoms with Gasteiger partial charge in [0.1, 0.15) is 6.10 Å². The number of Topliss-reactive ketones (excluding diaryl/α,β-unsaturated/α-hetero) is 1. The minimum absolute atomic E-state index is 0.0478. The molecule has 4 aliphatic carbocycles. The summed E-state index contributed by atoms with van der Waals surface area (Å²) in [6.45, 7) is 4.34. The fraction of sp³-hybridized carbons (Fsp3) is 0.952. The lowest BCUT2D eigenvalue weighted by atomic mass is 9.35. The maximum Gasteiger partial charge on any atom is 0.205 e. The minimum Gasteiger partial charge on any atom is -0.393 e. The Labute approximate surface area is 165 Å². The first-order valence-electron chi connectivity index (χ1n) is 10.5. The van der Waals surface area contributed by atoms with E-state index in [9.17, 15) is 25.2 Å². The summed E-state index contributed by atoms with van der Waals surface area (Å²) in [5.41, 5.74) is -2.71. The van der Waals surface area contributed by atoms with E-state index in [4.69, 9.17) is 9.47 Å². The lowest BCUT2D eigenvalue weighted by molar-refractivity contribution is -0.455. The highest BCUT2D eigenvalue weighted by Crippen LogP contribution is 2.76. The van der Waals surface area contributed by atoms with Gasteiger partial charge in [0, 0.05) is 30.3 Å². The molecule has 28 heavy (non-hydrogen) atoms. The van der Waals surface area contributed by atoms with Crippen molar-refractivity contribution in [1.29, 1.82) is 0 Å². The second kappa shape index (κ2) is 5.56. The van der Waals surface area contributed by atoms with E-state index in [1.807, 2.05) is 13.8 Å². The Morgan fingerprint density at radius 1 is 1.21 bits per heavy atom. The second-order valence-corrected chi connectivity index (χ2v) is 10.7. The van der Waals surface area contributed by atoms with E-state index >= 15 is 0 Å². The van der Waals surface area contributed by atoms with Crippen LogP contribution in [0.2, 0.25) is 0 Å². The first-order chi connectivity index (χ1) is 13.1. The number of rotatable bonds is 2. The van der Waals surface area contributed by atoms with Crippen molar-refractivity contribution in [3.05, 3.63) is 0 Å². The van der Waals surface area contributed by atoms with Crippen LogP contribution in [0.4, 0.5) is 0 Å². The highest BCUT2D eigenvalue weighted by atomic mass is 16.6. The highest BCUT2D eigenvalue weighted by Gasteiger charge is 2.86. The molecule has 2 aliphatic heterocycles. The summed E-state index contributed by atoms with van der Waals surface area (Å²) >= 11 is 0. The van der Waals surface area contributed by atoms with E-state index in [1.54, 1.807) is 0 Å². The summed E-state index contributed by atoms with van der Waals surface area (Å²) in [5, 5.41) is 45.7. The summed E-state index contributed by atoms with van der Waals surface area (Å²) in [5.74, 6) is -3.88. The molecule has 10 atom stereocenters. The van der Waals surface area contributed by atoms with Crippen molar-refractivity contribution in [3.8, 4) is 0 Å². The van der Waals surface area contributed by atoms with Crippen LogP contribution in [0.1, 0.15) is 39.5 Å². The van der Waals surface area contributed by atoms with Crippen LogP contribution in [0.25, 0.3) is 0 Å². The molecule has 4 N–H and O–H groups in total. The van der Waals surface area contributed by atoms with E-state index < -0.39 is 52.7 Å². The average molecular weight is 396 g/mol. The maximum atomic E-state index is 13.7. The van der Waals surface area contributed by atoms with Crippen molar-refractivity contribution in [1.82, 2.24) is 0 Å². The molecule has 0 aromatic heterocycles. The van der Waals surface area contributed by atoms with Crippen molar-refractivity contribution >= 4 is 5.78 Å². The standard InChI is InChI=1S/C21H32O7/c1-18(2)5-4-13(23)19-9-28-21(26,17(25)15(18)19)20-7-10(6-12(22)14(19)20)11(8-27-3)16(20)24/h10-15,17,22-23,25-26H,4-9H2,1-3H3/t10-,11-,12+,13+,14+,15-,17+,19+,20+,21+/m1/s1. The van der Waals surface area contributed by atoms with Gasteiger partial charge in [0.15, 0.2) is 5.78 Å². The van der Waals surface area contributed by atoms with Crippen molar-refractivity contribution in [2.45, 2.75) is 63.6 Å².